The molecule has 0 bridgehead atoms. The average Bonchev–Trinajstić information content (AvgIpc) is 2.73. The van der Waals surface area contributed by atoms with Crippen molar-refractivity contribution < 1.29 is 14.7 Å². The van der Waals surface area contributed by atoms with Crippen LogP contribution in [-0.2, 0) is 9.59 Å². The molecule has 1 aliphatic heterocycles. The van der Waals surface area contributed by atoms with Crippen molar-refractivity contribution >= 4 is 11.9 Å². The van der Waals surface area contributed by atoms with Crippen molar-refractivity contribution in [3.05, 3.63) is 0 Å². The minimum atomic E-state index is -0.749. The first-order valence-corrected chi connectivity index (χ1v) is 7.72. The van der Waals surface area contributed by atoms with Gasteiger partial charge in [-0.15, -0.1) is 0 Å². The third-order valence-electron chi connectivity index (χ3n) is 4.83. The Morgan fingerprint density at radius 3 is 2.45 bits per heavy atom. The highest BCUT2D eigenvalue weighted by atomic mass is 16.4. The smallest absolute Gasteiger partial charge is 0.308 e. The molecule has 0 aromatic rings. The van der Waals surface area contributed by atoms with Crippen molar-refractivity contribution in [3.63, 3.8) is 0 Å². The predicted octanol–water partition coefficient (Wildman–Crippen LogP) is 1.33. The Kier molecular flexibility index (Phi) is 5.02. The third kappa shape index (κ3) is 3.72. The highest BCUT2D eigenvalue weighted by Crippen LogP contribution is 2.25. The maximum atomic E-state index is 12.1. The number of amides is 1. The lowest BCUT2D eigenvalue weighted by atomic mass is 9.86. The maximum absolute atomic E-state index is 12.1. The van der Waals surface area contributed by atoms with E-state index < -0.39 is 5.97 Å². The van der Waals surface area contributed by atoms with Gasteiger partial charge in [-0.25, -0.2) is 0 Å². The van der Waals surface area contributed by atoms with E-state index in [1.807, 2.05) is 11.8 Å². The largest absolute Gasteiger partial charge is 0.481 e. The summed E-state index contributed by atoms with van der Waals surface area (Å²) in [7, 11) is 0. The molecular weight excluding hydrogens is 256 g/mol. The number of rotatable bonds is 4. The highest BCUT2D eigenvalue weighted by Gasteiger charge is 2.35. The van der Waals surface area contributed by atoms with Gasteiger partial charge in [0.1, 0.15) is 0 Å². The van der Waals surface area contributed by atoms with Gasteiger partial charge in [0.25, 0.3) is 0 Å². The zero-order chi connectivity index (χ0) is 14.7. The van der Waals surface area contributed by atoms with Crippen LogP contribution in [0.3, 0.4) is 0 Å². The van der Waals surface area contributed by atoms with Crippen LogP contribution in [0.25, 0.3) is 0 Å². The molecule has 2 N–H and O–H groups in total. The van der Waals surface area contributed by atoms with E-state index >= 15 is 0 Å². The van der Waals surface area contributed by atoms with E-state index in [-0.39, 0.29) is 17.7 Å². The van der Waals surface area contributed by atoms with Crippen LogP contribution in [0.1, 0.15) is 39.5 Å². The van der Waals surface area contributed by atoms with E-state index in [1.54, 1.807) is 0 Å². The molecule has 2 unspecified atom stereocenters. The van der Waals surface area contributed by atoms with Gasteiger partial charge in [-0.05, 0) is 24.7 Å². The molecule has 0 radical (unpaired) electrons. The summed E-state index contributed by atoms with van der Waals surface area (Å²) >= 11 is 0. The molecule has 0 spiro atoms. The molecule has 5 heteroatoms. The molecule has 0 aromatic heterocycles. The summed E-state index contributed by atoms with van der Waals surface area (Å²) in [4.78, 5) is 25.1. The van der Waals surface area contributed by atoms with Gasteiger partial charge in [-0.3, -0.25) is 14.5 Å². The van der Waals surface area contributed by atoms with Gasteiger partial charge in [0, 0.05) is 19.1 Å². The summed E-state index contributed by atoms with van der Waals surface area (Å²) in [5.74, 6) is -0.370. The Hall–Kier alpha value is -1.10. The van der Waals surface area contributed by atoms with Gasteiger partial charge in [0.15, 0.2) is 0 Å². The van der Waals surface area contributed by atoms with Gasteiger partial charge < -0.3 is 10.4 Å². The predicted molar refractivity (Wildman–Crippen MR) is 76.3 cm³/mol. The molecule has 20 heavy (non-hydrogen) atoms. The maximum Gasteiger partial charge on any atom is 0.308 e. The quantitative estimate of drug-likeness (QED) is 0.816. The second-order valence-corrected chi connectivity index (χ2v) is 6.55. The number of carbonyl (C=O) groups excluding carboxylic acids is 1. The minimum Gasteiger partial charge on any atom is -0.481 e. The van der Waals surface area contributed by atoms with E-state index in [9.17, 15) is 9.59 Å². The lowest BCUT2D eigenvalue weighted by molar-refractivity contribution is -0.142. The normalized spacial score (nSPS) is 34.9. The Morgan fingerprint density at radius 1 is 1.15 bits per heavy atom. The fourth-order valence-electron chi connectivity index (χ4n) is 3.50. The van der Waals surface area contributed by atoms with Gasteiger partial charge in [0.2, 0.25) is 5.91 Å². The summed E-state index contributed by atoms with van der Waals surface area (Å²) in [6.07, 6.45) is 4.71. The molecule has 1 heterocycles. The van der Waals surface area contributed by atoms with Crippen LogP contribution < -0.4 is 5.32 Å². The number of carbonyl (C=O) groups is 2. The summed E-state index contributed by atoms with van der Waals surface area (Å²) in [5.41, 5.74) is 0. The Labute approximate surface area is 120 Å². The molecule has 4 atom stereocenters. The Morgan fingerprint density at radius 2 is 1.85 bits per heavy atom. The van der Waals surface area contributed by atoms with Gasteiger partial charge >= 0.3 is 5.97 Å². The summed E-state index contributed by atoms with van der Waals surface area (Å²) in [6, 6.07) is 0.298. The molecule has 1 amide bonds. The van der Waals surface area contributed by atoms with Crippen LogP contribution in [0, 0.1) is 17.8 Å². The van der Waals surface area contributed by atoms with Crippen molar-refractivity contribution in [3.8, 4) is 0 Å². The molecule has 1 saturated heterocycles. The van der Waals surface area contributed by atoms with Crippen LogP contribution in [0.15, 0.2) is 0 Å². The number of nitrogens with one attached hydrogen (secondary N) is 1. The van der Waals surface area contributed by atoms with Crippen molar-refractivity contribution in [2.75, 3.05) is 19.6 Å². The van der Waals surface area contributed by atoms with Gasteiger partial charge in [-0.2, -0.15) is 0 Å². The van der Waals surface area contributed by atoms with Crippen molar-refractivity contribution in [1.29, 1.82) is 0 Å². The SMILES string of the molecule is CC1CCCCC1NC(=O)CN1C[C@@H](C)[C@H](C(=O)O)C1. The number of hydrogen-bond acceptors (Lipinski definition) is 3. The van der Waals surface area contributed by atoms with E-state index in [0.717, 1.165) is 6.42 Å². The topological polar surface area (TPSA) is 69.6 Å². The van der Waals surface area contributed by atoms with Crippen molar-refractivity contribution in [2.24, 2.45) is 17.8 Å². The number of nitrogens with zero attached hydrogens (tertiary/aromatic N) is 1. The van der Waals surface area contributed by atoms with E-state index in [1.165, 1.54) is 19.3 Å². The van der Waals surface area contributed by atoms with Crippen LogP contribution in [-0.4, -0.2) is 47.6 Å². The van der Waals surface area contributed by atoms with Crippen LogP contribution in [0.2, 0.25) is 0 Å². The molecule has 5 nitrogen and oxygen atoms in total. The molecule has 0 aromatic carbocycles. The standard InChI is InChI=1S/C15H26N2O3/c1-10-5-3-4-6-13(10)16-14(18)9-17-7-11(2)12(8-17)15(19)20/h10-13H,3-9H2,1-2H3,(H,16,18)(H,19,20)/t10?,11-,12-,13?/m1/s1. The Balaban J connectivity index is 1.79. The van der Waals surface area contributed by atoms with Gasteiger partial charge in [-0.1, -0.05) is 26.7 Å². The second-order valence-electron chi connectivity index (χ2n) is 6.55. The zero-order valence-corrected chi connectivity index (χ0v) is 12.5. The molecule has 114 valence electrons. The fraction of sp³-hybridized carbons (Fsp3) is 0.867. The first-order valence-electron chi connectivity index (χ1n) is 7.72. The second kappa shape index (κ2) is 6.57. The molecule has 1 saturated carbocycles. The third-order valence-corrected chi connectivity index (χ3v) is 4.83. The summed E-state index contributed by atoms with van der Waals surface area (Å²) < 4.78 is 0. The Bertz CT molecular complexity index is 372. The number of aliphatic carboxylic acids is 1. The lowest BCUT2D eigenvalue weighted by Gasteiger charge is -2.30. The van der Waals surface area contributed by atoms with Crippen LogP contribution in [0.5, 0.6) is 0 Å². The van der Waals surface area contributed by atoms with Crippen LogP contribution in [0.4, 0.5) is 0 Å². The lowest BCUT2D eigenvalue weighted by Crippen LogP contribution is -2.45. The number of carboxylic acids is 1. The summed E-state index contributed by atoms with van der Waals surface area (Å²) in [5, 5.41) is 12.2. The van der Waals surface area contributed by atoms with E-state index in [0.29, 0.717) is 31.6 Å². The summed E-state index contributed by atoms with van der Waals surface area (Å²) in [6.45, 7) is 5.66. The number of hydrogen-bond donors (Lipinski definition) is 2. The van der Waals surface area contributed by atoms with Crippen molar-refractivity contribution in [2.45, 2.75) is 45.6 Å². The number of likely N-dealkylation sites (tertiary alicyclic amines) is 1. The monoisotopic (exact) mass is 282 g/mol. The highest BCUT2D eigenvalue weighted by molar-refractivity contribution is 5.78. The average molecular weight is 282 g/mol. The van der Waals surface area contributed by atoms with E-state index in [2.05, 4.69) is 12.2 Å². The zero-order valence-electron chi connectivity index (χ0n) is 12.5. The first-order chi connectivity index (χ1) is 9.47. The fourth-order valence-corrected chi connectivity index (χ4v) is 3.50. The van der Waals surface area contributed by atoms with Crippen LogP contribution >= 0.6 is 0 Å². The molecule has 2 fully saturated rings. The molecule has 2 aliphatic rings. The number of carboxylic acid groups (broad SMARTS) is 1. The molecule has 2 rings (SSSR count). The van der Waals surface area contributed by atoms with Gasteiger partial charge in [0.05, 0.1) is 12.5 Å². The molecular formula is C15H26N2O3. The molecule has 1 aliphatic carbocycles. The van der Waals surface area contributed by atoms with Crippen molar-refractivity contribution in [1.82, 2.24) is 10.2 Å². The first kappa shape index (κ1) is 15.3. The minimum absolute atomic E-state index is 0.0435. The van der Waals surface area contributed by atoms with E-state index in [4.69, 9.17) is 5.11 Å².